The molecule has 0 aromatic carbocycles. The van der Waals surface area contributed by atoms with E-state index in [1.165, 1.54) is 35.5 Å². The van der Waals surface area contributed by atoms with Gasteiger partial charge in [-0.05, 0) is 208 Å². The topological polar surface area (TPSA) is 0 Å². The molecule has 18 aliphatic rings. The lowest BCUT2D eigenvalue weighted by Gasteiger charge is -3.13. The molecule has 0 aliphatic heterocycles. The molecule has 51 heavy (non-hydrogen) atoms. The average molecular weight is 697 g/mol. The Morgan fingerprint density at radius 1 is 0.353 bits per heavy atom. The smallest absolute Gasteiger partial charge is 0.0156 e. The van der Waals surface area contributed by atoms with Crippen molar-refractivity contribution in [3.63, 3.8) is 0 Å². The Balaban J connectivity index is 0.0000000860. The maximum absolute atomic E-state index is 2.49. The minimum atomic E-state index is 0.927. The molecule has 0 spiro atoms. The first kappa shape index (κ1) is 35.4. The zero-order valence-corrected chi connectivity index (χ0v) is 36.5. The summed E-state index contributed by atoms with van der Waals surface area (Å²) in [4.78, 5) is 0. The van der Waals surface area contributed by atoms with E-state index in [-0.39, 0.29) is 0 Å². The van der Waals surface area contributed by atoms with E-state index in [4.69, 9.17) is 0 Å². The lowest BCUT2D eigenvalue weighted by atomic mass is 8.90. The predicted molar refractivity (Wildman–Crippen MR) is 214 cm³/mol. The molecule has 0 N–H and O–H groups in total. The van der Waals surface area contributed by atoms with Crippen LogP contribution in [0.2, 0.25) is 0 Å². The van der Waals surface area contributed by atoms with Crippen molar-refractivity contribution < 1.29 is 0 Å². The molecule has 0 radical (unpaired) electrons. The minimum absolute atomic E-state index is 0.927. The molecule has 18 fully saturated rings. The van der Waals surface area contributed by atoms with Gasteiger partial charge in [-0.3, -0.25) is 0 Å². The lowest BCUT2D eigenvalue weighted by molar-refractivity contribution is -0.674. The van der Waals surface area contributed by atoms with Crippen LogP contribution in [-0.2, 0) is 0 Å². The van der Waals surface area contributed by atoms with Gasteiger partial charge in [0.15, 0.2) is 0 Å². The van der Waals surface area contributed by atoms with Gasteiger partial charge in [0, 0.05) is 0 Å². The van der Waals surface area contributed by atoms with Crippen LogP contribution in [0.25, 0.3) is 0 Å². The van der Waals surface area contributed by atoms with E-state index >= 15 is 0 Å². The van der Waals surface area contributed by atoms with Crippen LogP contribution in [0.5, 0.6) is 0 Å². The summed E-state index contributed by atoms with van der Waals surface area (Å²) < 4.78 is 0. The fourth-order valence-corrected chi connectivity index (χ4v) is 21.8. The summed E-state index contributed by atoms with van der Waals surface area (Å²) in [5.41, 5.74) is 3.73. The zero-order valence-electron chi connectivity index (χ0n) is 36.5. The molecule has 8 atom stereocenters. The van der Waals surface area contributed by atoms with E-state index in [2.05, 4.69) is 111 Å². The van der Waals surface area contributed by atoms with Crippen molar-refractivity contribution in [1.29, 1.82) is 0 Å². The van der Waals surface area contributed by atoms with Crippen LogP contribution < -0.4 is 0 Å². The molecule has 288 valence electrons. The highest BCUT2D eigenvalue weighted by Gasteiger charge is 3.10. The summed E-state index contributed by atoms with van der Waals surface area (Å²) in [5, 5.41) is 0. The quantitative estimate of drug-likeness (QED) is 0.237. The fourth-order valence-electron chi connectivity index (χ4n) is 21.8. The third kappa shape index (κ3) is 3.52. The normalized spacial score (nSPS) is 60.7. The van der Waals surface area contributed by atoms with Gasteiger partial charge in [0.05, 0.1) is 0 Å². The highest BCUT2D eigenvalue weighted by atomic mass is 15.1. The monoisotopic (exact) mass is 697 g/mol. The van der Waals surface area contributed by atoms with Gasteiger partial charge in [0.1, 0.15) is 0 Å². The molecule has 18 rings (SSSR count). The van der Waals surface area contributed by atoms with E-state index < -0.39 is 0 Å². The van der Waals surface area contributed by atoms with Crippen molar-refractivity contribution in [1.82, 2.24) is 0 Å². The van der Waals surface area contributed by atoms with Gasteiger partial charge in [0.25, 0.3) is 0 Å². The Morgan fingerprint density at radius 2 is 0.706 bits per heavy atom. The molecule has 6 bridgehead atoms. The predicted octanol–water partition coefficient (Wildman–Crippen LogP) is 13.4. The summed E-state index contributed by atoms with van der Waals surface area (Å²) >= 11 is 0. The summed E-state index contributed by atoms with van der Waals surface area (Å²) in [7, 11) is 0. The molecular formula is C51H84. The molecule has 0 nitrogen and oxygen atoms in total. The largest absolute Gasteiger partial charge is 0.0625 e. The highest BCUT2D eigenvalue weighted by Crippen LogP contribution is 3.14. The average Bonchev–Trinajstić information content (AvgIpc) is 3.85. The molecule has 18 saturated carbocycles. The Kier molecular flexibility index (Phi) is 7.28. The third-order valence-electron chi connectivity index (χ3n) is 22.6. The van der Waals surface area contributed by atoms with Crippen molar-refractivity contribution in [3.05, 3.63) is 0 Å². The van der Waals surface area contributed by atoms with Gasteiger partial charge < -0.3 is 0 Å². The number of rotatable bonds is 8. The van der Waals surface area contributed by atoms with Crippen LogP contribution in [0.15, 0.2) is 0 Å². The summed E-state index contributed by atoms with van der Waals surface area (Å²) in [6, 6.07) is 0. The second-order valence-corrected chi connectivity index (χ2v) is 25.6. The Hall–Kier alpha value is 0. The summed E-state index contributed by atoms with van der Waals surface area (Å²) in [6.07, 6.45) is 7.91. The highest BCUT2D eigenvalue weighted by molar-refractivity contribution is 5.57. The van der Waals surface area contributed by atoms with Gasteiger partial charge in [-0.25, -0.2) is 0 Å². The van der Waals surface area contributed by atoms with Crippen molar-refractivity contribution >= 4 is 0 Å². The molecule has 0 heteroatoms. The zero-order chi connectivity index (χ0) is 36.5. The lowest BCUT2D eigenvalue weighted by Crippen LogP contribution is -3.11. The molecule has 0 saturated heterocycles. The standard InChI is InChI=1S/C14H20.C14H24.C12H22.C11H18/c1-5(2)13-7-10-8(13)12-9(13)11(7)14(10,12)6(3)4;1-7(2)13-9-5-10(13)12-6-11(9)14(12)8(3)4;1-7(2)10-5-9-6-11(10)12(9)8(3)4;1-6(2)8-10-5-11(8,10)9(10)7(3)4/h5-12H,1-4H3;7-14H,5-6H2,1-4H3;7-12H,5-6H2,1-4H3;6-9H,5H2,1-4H3. The van der Waals surface area contributed by atoms with E-state index in [1.54, 1.807) is 32.1 Å². The molecule has 0 heterocycles. The van der Waals surface area contributed by atoms with Crippen molar-refractivity contribution in [2.24, 2.45) is 176 Å². The van der Waals surface area contributed by atoms with Gasteiger partial charge >= 0.3 is 0 Å². The number of hydrogen-bond acceptors (Lipinski definition) is 0. The first-order valence-corrected chi connectivity index (χ1v) is 23.9. The maximum atomic E-state index is 2.49. The van der Waals surface area contributed by atoms with Crippen LogP contribution in [0.4, 0.5) is 0 Å². The second kappa shape index (κ2) is 10.5. The van der Waals surface area contributed by atoms with Crippen molar-refractivity contribution in [3.8, 4) is 0 Å². The van der Waals surface area contributed by atoms with E-state index in [9.17, 15) is 0 Å². The molecule has 0 aromatic rings. The Labute approximate surface area is 317 Å². The maximum Gasteiger partial charge on any atom is -0.0156 e. The van der Waals surface area contributed by atoms with E-state index in [0.29, 0.717) is 0 Å². The Bertz CT molecular complexity index is 1240. The van der Waals surface area contributed by atoms with Crippen LogP contribution >= 0.6 is 0 Å². The molecule has 0 aromatic heterocycles. The van der Waals surface area contributed by atoms with E-state index in [0.717, 1.165) is 140 Å². The summed E-state index contributed by atoms with van der Waals surface area (Å²) in [6.45, 7) is 39.0. The van der Waals surface area contributed by atoms with Crippen LogP contribution in [-0.4, -0.2) is 0 Å². The van der Waals surface area contributed by atoms with Crippen molar-refractivity contribution in [2.45, 2.75) is 143 Å². The van der Waals surface area contributed by atoms with Gasteiger partial charge in [0.2, 0.25) is 0 Å². The fraction of sp³-hybridized carbons (Fsp3) is 1.00. The molecule has 18 aliphatic carbocycles. The molecule has 0 amide bonds. The molecular weight excluding hydrogens is 613 g/mol. The van der Waals surface area contributed by atoms with Gasteiger partial charge in [-0.1, -0.05) is 111 Å². The first-order valence-electron chi connectivity index (χ1n) is 23.9. The van der Waals surface area contributed by atoms with Crippen LogP contribution in [0.1, 0.15) is 143 Å². The van der Waals surface area contributed by atoms with Crippen molar-refractivity contribution in [2.75, 3.05) is 0 Å². The van der Waals surface area contributed by atoms with Crippen LogP contribution in [0.3, 0.4) is 0 Å². The SMILES string of the molecule is CC(C)C12C3C4C1C1C2C3C41C(C)C.CC(C)C1C23CC12C3C(C)C.CC(C)C1C2CC1C1CC2C1C(C)C.CC(C)C1CC2CC1C2C(C)C. The minimum Gasteiger partial charge on any atom is -0.0625 e. The molecule has 8 unspecified atom stereocenters. The number of hydrogen-bond donors (Lipinski definition) is 0. The number of fused-ring (bicyclic) bond motifs is 1. The summed E-state index contributed by atoms with van der Waals surface area (Å²) in [5.74, 6) is 28.6. The van der Waals surface area contributed by atoms with Gasteiger partial charge in [-0.2, -0.15) is 0 Å². The van der Waals surface area contributed by atoms with Crippen LogP contribution in [0, 0.1) is 176 Å². The Morgan fingerprint density at radius 3 is 0.922 bits per heavy atom. The van der Waals surface area contributed by atoms with Gasteiger partial charge in [-0.15, -0.1) is 0 Å². The second-order valence-electron chi connectivity index (χ2n) is 25.6. The van der Waals surface area contributed by atoms with E-state index in [1.807, 2.05) is 0 Å². The first-order chi connectivity index (χ1) is 23.9. The third-order valence-corrected chi connectivity index (χ3v) is 22.6.